The molecule has 86 valence electrons. The highest BCUT2D eigenvalue weighted by molar-refractivity contribution is 5.91. The summed E-state index contributed by atoms with van der Waals surface area (Å²) < 4.78 is 5.78. The monoisotopic (exact) mass is 234 g/mol. The number of H-pyrrole nitrogens is 1. The Hall–Kier alpha value is -2.55. The zero-order valence-corrected chi connectivity index (χ0v) is 9.55. The van der Waals surface area contributed by atoms with E-state index in [0.29, 0.717) is 0 Å². The third-order valence-electron chi connectivity index (χ3n) is 3.15. The fourth-order valence-corrected chi connectivity index (χ4v) is 2.29. The maximum Gasteiger partial charge on any atom is 0.159 e. The van der Waals surface area contributed by atoms with E-state index in [2.05, 4.69) is 22.1 Å². The van der Waals surface area contributed by atoms with E-state index in [4.69, 9.17) is 4.74 Å². The second-order valence-corrected chi connectivity index (χ2v) is 4.27. The van der Waals surface area contributed by atoms with E-state index in [0.717, 1.165) is 32.9 Å². The van der Waals surface area contributed by atoms with Crippen LogP contribution < -0.4 is 15.3 Å². The second-order valence-electron chi connectivity index (χ2n) is 4.27. The van der Waals surface area contributed by atoms with Gasteiger partial charge >= 0.3 is 0 Å². The van der Waals surface area contributed by atoms with Crippen molar-refractivity contribution in [3.8, 4) is 5.75 Å². The summed E-state index contributed by atoms with van der Waals surface area (Å²) in [6, 6.07) is 12.1. The number of nitrogens with one attached hydrogen (secondary N) is 1. The Morgan fingerprint density at radius 2 is 2.00 bits per heavy atom. The number of nitrogens with zero attached hydrogens (tertiary/aromatic N) is 1. The molecule has 1 aromatic carbocycles. The molecule has 3 heterocycles. The van der Waals surface area contributed by atoms with Gasteiger partial charge in [-0.1, -0.05) is 18.2 Å². The summed E-state index contributed by atoms with van der Waals surface area (Å²) in [5.74, 6) is 0.864. The molecule has 0 saturated carbocycles. The number of benzene rings is 1. The molecule has 4 rings (SSSR count). The predicted octanol–water partition coefficient (Wildman–Crippen LogP) is 1.52. The summed E-state index contributed by atoms with van der Waals surface area (Å²) in [6.45, 7) is 0. The molecule has 0 amide bonds. The van der Waals surface area contributed by atoms with E-state index < -0.39 is 0 Å². The largest absolute Gasteiger partial charge is 0.460 e. The number of aromatic nitrogens is 2. The molecule has 0 unspecified atom stereocenters. The lowest BCUT2D eigenvalue weighted by Gasteiger charge is -1.97. The molecule has 0 atom stereocenters. The van der Waals surface area contributed by atoms with E-state index in [1.54, 1.807) is 12.5 Å². The van der Waals surface area contributed by atoms with Gasteiger partial charge < -0.3 is 9.72 Å². The number of aromatic amines is 1. The van der Waals surface area contributed by atoms with Crippen LogP contribution in [0.2, 0.25) is 0 Å². The topological polar surface area (TPSA) is 37.9 Å². The van der Waals surface area contributed by atoms with Crippen LogP contribution in [0.5, 0.6) is 5.75 Å². The van der Waals surface area contributed by atoms with Crippen molar-refractivity contribution in [3.63, 3.8) is 0 Å². The highest BCUT2D eigenvalue weighted by Gasteiger charge is 2.11. The molecule has 0 fully saturated rings. The summed E-state index contributed by atoms with van der Waals surface area (Å²) in [5, 5.41) is 3.00. The quantitative estimate of drug-likeness (QED) is 0.640. The minimum Gasteiger partial charge on any atom is -0.460 e. The first kappa shape index (κ1) is 9.48. The van der Waals surface area contributed by atoms with Gasteiger partial charge in [0.05, 0.1) is 5.69 Å². The summed E-state index contributed by atoms with van der Waals surface area (Å²) >= 11 is 0. The van der Waals surface area contributed by atoms with Gasteiger partial charge in [-0.15, -0.1) is 0 Å². The van der Waals surface area contributed by atoms with E-state index >= 15 is 0 Å². The molecule has 1 aliphatic rings. The number of hydrogen-bond acceptors (Lipinski definition) is 2. The first-order valence-corrected chi connectivity index (χ1v) is 5.82. The number of hydrogen-bond donors (Lipinski definition) is 1. The number of rotatable bonds is 0. The molecule has 3 nitrogen and oxygen atoms in total. The van der Waals surface area contributed by atoms with E-state index in [1.165, 1.54) is 0 Å². The highest BCUT2D eigenvalue weighted by atomic mass is 16.5. The van der Waals surface area contributed by atoms with Gasteiger partial charge in [0, 0.05) is 22.3 Å². The van der Waals surface area contributed by atoms with Crippen LogP contribution in [0.4, 0.5) is 0 Å². The Morgan fingerprint density at radius 1 is 1.06 bits per heavy atom. The van der Waals surface area contributed by atoms with Gasteiger partial charge in [0.25, 0.3) is 0 Å². The second kappa shape index (κ2) is 3.47. The number of ether oxygens (including phenoxy) is 1. The molecule has 0 radical (unpaired) electrons. The molecule has 0 spiro atoms. The third-order valence-corrected chi connectivity index (χ3v) is 3.15. The molecule has 3 aromatic rings. The van der Waals surface area contributed by atoms with Crippen LogP contribution in [0, 0.1) is 0 Å². The smallest absolute Gasteiger partial charge is 0.159 e. The zero-order valence-electron chi connectivity index (χ0n) is 9.55. The molecule has 1 N–H and O–H groups in total. The Morgan fingerprint density at radius 3 is 3.00 bits per heavy atom. The van der Waals surface area contributed by atoms with E-state index in [1.807, 2.05) is 30.3 Å². The number of fused-ring (bicyclic) bond motifs is 4. The van der Waals surface area contributed by atoms with Gasteiger partial charge in [-0.3, -0.25) is 4.98 Å². The molecule has 3 heteroatoms. The lowest BCUT2D eigenvalue weighted by molar-refractivity contribution is 0.544. The van der Waals surface area contributed by atoms with Gasteiger partial charge in [-0.25, -0.2) is 0 Å². The van der Waals surface area contributed by atoms with Gasteiger partial charge in [0.2, 0.25) is 0 Å². The Labute approximate surface area is 103 Å². The molecular weight excluding hydrogens is 224 g/mol. The normalized spacial score (nSPS) is 12.7. The maximum atomic E-state index is 5.78. The molecule has 0 bridgehead atoms. The summed E-state index contributed by atoms with van der Waals surface area (Å²) in [4.78, 5) is 7.66. The van der Waals surface area contributed by atoms with Crippen LogP contribution in [0.15, 0.2) is 42.6 Å². The minimum atomic E-state index is 0.853. The molecule has 2 aromatic heterocycles. The number of pyridine rings is 1. The molecule has 0 aliphatic carbocycles. The van der Waals surface area contributed by atoms with Crippen molar-refractivity contribution in [2.24, 2.45) is 0 Å². The molecule has 0 saturated heterocycles. The maximum absolute atomic E-state index is 5.78. The van der Waals surface area contributed by atoms with Crippen LogP contribution in [0.3, 0.4) is 0 Å². The number of para-hydroxylation sites is 1. The lowest BCUT2D eigenvalue weighted by atomic mass is 10.2. The van der Waals surface area contributed by atoms with Crippen molar-refractivity contribution in [1.29, 1.82) is 0 Å². The van der Waals surface area contributed by atoms with Gasteiger partial charge in [0.15, 0.2) is 5.75 Å². The average Bonchev–Trinajstić information content (AvgIpc) is 2.65. The fourth-order valence-electron chi connectivity index (χ4n) is 2.29. The zero-order chi connectivity index (χ0) is 11.9. The van der Waals surface area contributed by atoms with Gasteiger partial charge in [0.1, 0.15) is 11.6 Å². The SMILES string of the molecule is C1=c2cccnc2=COc2c1[nH]c1ccccc21. The van der Waals surface area contributed by atoms with Crippen molar-refractivity contribution < 1.29 is 4.74 Å². The van der Waals surface area contributed by atoms with E-state index in [9.17, 15) is 0 Å². The van der Waals surface area contributed by atoms with Gasteiger partial charge in [-0.05, 0) is 24.3 Å². The summed E-state index contributed by atoms with van der Waals surface area (Å²) in [6.07, 6.45) is 5.55. The molecule has 1 aliphatic heterocycles. The summed E-state index contributed by atoms with van der Waals surface area (Å²) in [7, 11) is 0. The van der Waals surface area contributed by atoms with Crippen molar-refractivity contribution in [2.75, 3.05) is 0 Å². The van der Waals surface area contributed by atoms with Crippen LogP contribution in [0.1, 0.15) is 5.69 Å². The minimum absolute atomic E-state index is 0.853. The van der Waals surface area contributed by atoms with Crippen molar-refractivity contribution in [3.05, 3.63) is 58.9 Å². The predicted molar refractivity (Wildman–Crippen MR) is 70.4 cm³/mol. The summed E-state index contributed by atoms with van der Waals surface area (Å²) in [5.41, 5.74) is 2.07. The average molecular weight is 234 g/mol. The first-order chi connectivity index (χ1) is 8.92. The van der Waals surface area contributed by atoms with Crippen LogP contribution in [-0.4, -0.2) is 9.97 Å². The van der Waals surface area contributed by atoms with Crippen molar-refractivity contribution in [1.82, 2.24) is 9.97 Å². The van der Waals surface area contributed by atoms with Crippen molar-refractivity contribution >= 4 is 23.2 Å². The van der Waals surface area contributed by atoms with Crippen LogP contribution in [0.25, 0.3) is 23.2 Å². The lowest BCUT2D eigenvalue weighted by Crippen LogP contribution is -2.27. The van der Waals surface area contributed by atoms with Crippen molar-refractivity contribution in [2.45, 2.75) is 0 Å². The standard InChI is InChI=1S/C15H10N2O/c1-2-6-12-11(5-1)15-13(17-12)8-10-4-3-7-16-14(10)9-18-15/h1-9,17H. The van der Waals surface area contributed by atoms with Crippen LogP contribution in [-0.2, 0) is 0 Å². The van der Waals surface area contributed by atoms with Crippen LogP contribution >= 0.6 is 0 Å². The molecular formula is C15H10N2O. The highest BCUT2D eigenvalue weighted by Crippen LogP contribution is 2.30. The Bertz CT molecular complexity index is 862. The first-order valence-electron chi connectivity index (χ1n) is 5.82. The van der Waals surface area contributed by atoms with Gasteiger partial charge in [-0.2, -0.15) is 0 Å². The fraction of sp³-hybridized carbons (Fsp3) is 0. The van der Waals surface area contributed by atoms with E-state index in [-0.39, 0.29) is 0 Å². The third kappa shape index (κ3) is 1.27. The molecule has 18 heavy (non-hydrogen) atoms. The Kier molecular flexibility index (Phi) is 1.83. The Balaban J connectivity index is 2.11.